The Morgan fingerprint density at radius 3 is 2.80 bits per heavy atom. The van der Waals surface area contributed by atoms with E-state index in [2.05, 4.69) is 20.9 Å². The van der Waals surface area contributed by atoms with Crippen molar-refractivity contribution in [3.05, 3.63) is 56.8 Å². The quantitative estimate of drug-likeness (QED) is 0.516. The van der Waals surface area contributed by atoms with Gasteiger partial charge in [-0.3, -0.25) is 10.1 Å². The van der Waals surface area contributed by atoms with Gasteiger partial charge in [0.15, 0.2) is 5.58 Å². The van der Waals surface area contributed by atoms with Gasteiger partial charge in [-0.15, -0.1) is 0 Å². The molecule has 1 heterocycles. The first-order valence-corrected chi connectivity index (χ1v) is 6.34. The number of rotatable bonds is 2. The highest BCUT2D eigenvalue weighted by Gasteiger charge is 2.17. The largest absolute Gasteiger partial charge is 0.436 e. The third-order valence-electron chi connectivity index (χ3n) is 2.74. The molecule has 0 N–H and O–H groups in total. The molecule has 0 unspecified atom stereocenters. The van der Waals surface area contributed by atoms with Crippen LogP contribution in [0.1, 0.15) is 0 Å². The fraction of sp³-hybridized carbons (Fsp3) is 0. The van der Waals surface area contributed by atoms with Crippen LogP contribution in [0.2, 0.25) is 0 Å². The predicted molar refractivity (Wildman–Crippen MR) is 73.8 cm³/mol. The molecule has 7 heteroatoms. The number of nitro groups is 1. The standard InChI is InChI=1S/C13H6BrFN2O3/c14-8-2-4-12-10(6-8)16-13(20-12)7-1-3-9(15)11(5-7)17(18)19/h1-6H. The summed E-state index contributed by atoms with van der Waals surface area (Å²) in [6.07, 6.45) is 0. The molecule has 5 nitrogen and oxygen atoms in total. The topological polar surface area (TPSA) is 69.2 Å². The van der Waals surface area contributed by atoms with E-state index >= 15 is 0 Å². The smallest absolute Gasteiger partial charge is 0.305 e. The maximum absolute atomic E-state index is 13.3. The summed E-state index contributed by atoms with van der Waals surface area (Å²) in [6.45, 7) is 0. The summed E-state index contributed by atoms with van der Waals surface area (Å²) < 4.78 is 19.6. The van der Waals surface area contributed by atoms with Gasteiger partial charge in [-0.2, -0.15) is 4.39 Å². The van der Waals surface area contributed by atoms with Crippen molar-refractivity contribution in [1.82, 2.24) is 4.98 Å². The molecule has 0 aliphatic heterocycles. The zero-order valence-electron chi connectivity index (χ0n) is 9.84. The van der Waals surface area contributed by atoms with Crippen LogP contribution >= 0.6 is 15.9 Å². The highest BCUT2D eigenvalue weighted by molar-refractivity contribution is 9.10. The van der Waals surface area contributed by atoms with Crippen molar-refractivity contribution in [2.45, 2.75) is 0 Å². The maximum atomic E-state index is 13.3. The van der Waals surface area contributed by atoms with Crippen LogP contribution in [0.15, 0.2) is 45.3 Å². The minimum atomic E-state index is -0.891. The van der Waals surface area contributed by atoms with Gasteiger partial charge in [0.25, 0.3) is 0 Å². The fourth-order valence-corrected chi connectivity index (χ4v) is 2.16. The molecule has 3 rings (SSSR count). The van der Waals surface area contributed by atoms with E-state index in [4.69, 9.17) is 4.42 Å². The molecule has 0 radical (unpaired) electrons. The van der Waals surface area contributed by atoms with E-state index in [1.54, 1.807) is 18.2 Å². The molecule has 1 aromatic heterocycles. The minimum Gasteiger partial charge on any atom is -0.436 e. The van der Waals surface area contributed by atoms with E-state index in [-0.39, 0.29) is 5.89 Å². The van der Waals surface area contributed by atoms with Gasteiger partial charge >= 0.3 is 5.69 Å². The first-order chi connectivity index (χ1) is 9.54. The summed E-state index contributed by atoms with van der Waals surface area (Å²) in [6, 6.07) is 8.81. The Labute approximate surface area is 120 Å². The normalized spacial score (nSPS) is 10.9. The molecule has 0 saturated heterocycles. The molecule has 0 atom stereocenters. The first kappa shape index (κ1) is 12.7. The van der Waals surface area contributed by atoms with Gasteiger partial charge in [0, 0.05) is 16.1 Å². The second-order valence-electron chi connectivity index (χ2n) is 4.05. The van der Waals surface area contributed by atoms with Crippen molar-refractivity contribution in [1.29, 1.82) is 0 Å². The van der Waals surface area contributed by atoms with Crippen molar-refractivity contribution in [3.63, 3.8) is 0 Å². The summed E-state index contributed by atoms with van der Waals surface area (Å²) in [5, 5.41) is 10.7. The Morgan fingerprint density at radius 2 is 2.05 bits per heavy atom. The number of nitro benzene ring substituents is 1. The monoisotopic (exact) mass is 336 g/mol. The van der Waals surface area contributed by atoms with Crippen molar-refractivity contribution in [2.75, 3.05) is 0 Å². The third-order valence-corrected chi connectivity index (χ3v) is 3.23. The van der Waals surface area contributed by atoms with Gasteiger partial charge < -0.3 is 4.42 Å². The van der Waals surface area contributed by atoms with Gasteiger partial charge in [-0.05, 0) is 30.3 Å². The van der Waals surface area contributed by atoms with Gasteiger partial charge in [-0.25, -0.2) is 4.98 Å². The highest BCUT2D eigenvalue weighted by Crippen LogP contribution is 2.29. The van der Waals surface area contributed by atoms with E-state index in [1.165, 1.54) is 6.07 Å². The third kappa shape index (κ3) is 2.16. The number of hydrogen-bond acceptors (Lipinski definition) is 4. The molecular weight excluding hydrogens is 331 g/mol. The average molecular weight is 337 g/mol. The molecule has 0 aliphatic rings. The van der Waals surface area contributed by atoms with Crippen LogP contribution in [0, 0.1) is 15.9 Å². The summed E-state index contributed by atoms with van der Waals surface area (Å²) >= 11 is 3.32. The molecule has 0 bridgehead atoms. The van der Waals surface area contributed by atoms with Crippen LogP contribution in [0.4, 0.5) is 10.1 Å². The number of aromatic nitrogens is 1. The lowest BCUT2D eigenvalue weighted by atomic mass is 10.2. The number of fused-ring (bicyclic) bond motifs is 1. The minimum absolute atomic E-state index is 0.209. The van der Waals surface area contributed by atoms with E-state index in [9.17, 15) is 14.5 Å². The van der Waals surface area contributed by atoms with E-state index < -0.39 is 16.4 Å². The van der Waals surface area contributed by atoms with Crippen molar-refractivity contribution < 1.29 is 13.7 Å². The van der Waals surface area contributed by atoms with Crippen LogP contribution in [0.3, 0.4) is 0 Å². The van der Waals surface area contributed by atoms with E-state index in [0.29, 0.717) is 16.7 Å². The number of nitrogens with zero attached hydrogens (tertiary/aromatic N) is 2. The molecular formula is C13H6BrFN2O3. The van der Waals surface area contributed by atoms with Gasteiger partial charge in [0.1, 0.15) is 5.52 Å². The molecule has 2 aromatic carbocycles. The highest BCUT2D eigenvalue weighted by atomic mass is 79.9. The molecule has 0 spiro atoms. The number of halogens is 2. The second kappa shape index (κ2) is 4.68. The van der Waals surface area contributed by atoms with Gasteiger partial charge in [-0.1, -0.05) is 15.9 Å². The number of benzene rings is 2. The first-order valence-electron chi connectivity index (χ1n) is 5.55. The molecule has 100 valence electrons. The average Bonchev–Trinajstić information content (AvgIpc) is 2.81. The SMILES string of the molecule is O=[N+]([O-])c1cc(-c2nc3cc(Br)ccc3o2)ccc1F. The number of oxazole rings is 1. The van der Waals surface area contributed by atoms with Crippen molar-refractivity contribution >= 4 is 32.7 Å². The molecule has 3 aromatic rings. The predicted octanol–water partition coefficient (Wildman–Crippen LogP) is 4.30. The molecule has 0 aliphatic carbocycles. The van der Waals surface area contributed by atoms with Crippen molar-refractivity contribution in [2.24, 2.45) is 0 Å². The summed E-state index contributed by atoms with van der Waals surface area (Å²) in [5.74, 6) is -0.682. The summed E-state index contributed by atoms with van der Waals surface area (Å²) in [4.78, 5) is 14.2. The Balaban J connectivity index is 2.15. The van der Waals surface area contributed by atoms with Crippen LogP contribution in [-0.4, -0.2) is 9.91 Å². The summed E-state index contributed by atoms with van der Waals surface area (Å²) in [7, 11) is 0. The van der Waals surface area contributed by atoms with E-state index in [1.807, 2.05) is 0 Å². The lowest BCUT2D eigenvalue weighted by Gasteiger charge is -1.97. The Kier molecular flexibility index (Phi) is 2.98. The Morgan fingerprint density at radius 1 is 1.25 bits per heavy atom. The maximum Gasteiger partial charge on any atom is 0.305 e. The lowest BCUT2D eigenvalue weighted by Crippen LogP contribution is -1.92. The molecule has 0 saturated carbocycles. The molecule has 0 fully saturated rings. The van der Waals surface area contributed by atoms with E-state index in [0.717, 1.165) is 16.6 Å². The fourth-order valence-electron chi connectivity index (χ4n) is 1.81. The van der Waals surface area contributed by atoms with Crippen molar-refractivity contribution in [3.8, 4) is 11.5 Å². The Hall–Kier alpha value is -2.28. The van der Waals surface area contributed by atoms with Gasteiger partial charge in [0.2, 0.25) is 11.7 Å². The molecule has 20 heavy (non-hydrogen) atoms. The second-order valence-corrected chi connectivity index (χ2v) is 4.97. The van der Waals surface area contributed by atoms with Crippen LogP contribution in [0.5, 0.6) is 0 Å². The van der Waals surface area contributed by atoms with Crippen LogP contribution < -0.4 is 0 Å². The Bertz CT molecular complexity index is 832. The number of hydrogen-bond donors (Lipinski definition) is 0. The molecule has 0 amide bonds. The lowest BCUT2D eigenvalue weighted by molar-refractivity contribution is -0.387. The van der Waals surface area contributed by atoms with Crippen LogP contribution in [-0.2, 0) is 0 Å². The summed E-state index contributed by atoms with van der Waals surface area (Å²) in [5.41, 5.74) is 0.910. The zero-order valence-corrected chi connectivity index (χ0v) is 11.4. The van der Waals surface area contributed by atoms with Gasteiger partial charge in [0.05, 0.1) is 4.92 Å². The van der Waals surface area contributed by atoms with Crippen LogP contribution in [0.25, 0.3) is 22.6 Å². The zero-order chi connectivity index (χ0) is 14.3.